The van der Waals surface area contributed by atoms with Crippen LogP contribution in [0.1, 0.15) is 0 Å². The van der Waals surface area contributed by atoms with Gasteiger partial charge < -0.3 is 25.4 Å². The van der Waals surface area contributed by atoms with E-state index in [0.717, 1.165) is 11.4 Å². The molecule has 0 aromatic heterocycles. The predicted molar refractivity (Wildman–Crippen MR) is 113 cm³/mol. The molecule has 144 valence electrons. The van der Waals surface area contributed by atoms with Crippen LogP contribution < -0.4 is 25.4 Å². The van der Waals surface area contributed by atoms with Gasteiger partial charge in [-0.2, -0.15) is 0 Å². The molecule has 3 rings (SSSR count). The number of ether oxygens (including phenoxy) is 2. The van der Waals surface area contributed by atoms with E-state index >= 15 is 0 Å². The molecule has 0 atom stereocenters. The Balaban J connectivity index is 1.64. The summed E-state index contributed by atoms with van der Waals surface area (Å²) in [6.07, 6.45) is 0. The number of urea groups is 1. The van der Waals surface area contributed by atoms with Crippen molar-refractivity contribution >= 4 is 40.4 Å². The number of methoxy groups -OCH3 is 2. The summed E-state index contributed by atoms with van der Waals surface area (Å²) in [5.74, 6) is 0.907. The van der Waals surface area contributed by atoms with Crippen LogP contribution in [-0.2, 0) is 0 Å². The van der Waals surface area contributed by atoms with Crippen LogP contribution in [0.15, 0.2) is 66.7 Å². The number of amides is 2. The minimum Gasteiger partial charge on any atom is -0.495 e. The Bertz CT molecular complexity index is 947. The van der Waals surface area contributed by atoms with Crippen LogP contribution in [0.5, 0.6) is 11.5 Å². The second-order valence-corrected chi connectivity index (χ2v) is 6.24. The smallest absolute Gasteiger partial charge is 0.323 e. The zero-order valence-corrected chi connectivity index (χ0v) is 16.2. The van der Waals surface area contributed by atoms with Crippen LogP contribution in [0.4, 0.5) is 27.5 Å². The van der Waals surface area contributed by atoms with Crippen LogP contribution in [0.2, 0.25) is 5.02 Å². The molecular weight excluding hydrogens is 378 g/mol. The summed E-state index contributed by atoms with van der Waals surface area (Å²) in [7, 11) is 3.01. The molecule has 0 spiro atoms. The van der Waals surface area contributed by atoms with Crippen molar-refractivity contribution in [1.82, 2.24) is 0 Å². The van der Waals surface area contributed by atoms with Gasteiger partial charge in [0.15, 0.2) is 0 Å². The van der Waals surface area contributed by atoms with Crippen LogP contribution in [0.3, 0.4) is 0 Å². The van der Waals surface area contributed by atoms with Crippen LogP contribution in [0, 0.1) is 0 Å². The molecular formula is C21H20ClN3O3. The molecule has 0 fully saturated rings. The number of nitrogens with one attached hydrogen (secondary N) is 3. The van der Waals surface area contributed by atoms with Gasteiger partial charge in [-0.3, -0.25) is 0 Å². The maximum absolute atomic E-state index is 12.3. The highest BCUT2D eigenvalue weighted by atomic mass is 35.5. The standard InChI is InChI=1S/C21H20ClN3O3/c1-27-19-13-20(28-2)18(12-17(19)22)25-21(26)24-16-10-8-15(9-11-16)23-14-6-4-3-5-7-14/h3-13,23H,1-2H3,(H2,24,25,26). The topological polar surface area (TPSA) is 71.6 Å². The third kappa shape index (κ3) is 4.86. The minimum absolute atomic E-state index is 0.370. The maximum atomic E-state index is 12.3. The third-order valence-corrected chi connectivity index (χ3v) is 4.22. The normalized spacial score (nSPS) is 10.1. The highest BCUT2D eigenvalue weighted by Gasteiger charge is 2.12. The first kappa shape index (κ1) is 19.4. The van der Waals surface area contributed by atoms with E-state index in [4.69, 9.17) is 21.1 Å². The van der Waals surface area contributed by atoms with E-state index in [0.29, 0.717) is 27.9 Å². The Kier molecular flexibility index (Phi) is 6.24. The molecule has 0 unspecified atom stereocenters. The molecule has 0 bridgehead atoms. The quantitative estimate of drug-likeness (QED) is 0.495. The lowest BCUT2D eigenvalue weighted by molar-refractivity contribution is 0.262. The van der Waals surface area contributed by atoms with Crippen molar-refractivity contribution in [2.24, 2.45) is 0 Å². The van der Waals surface area contributed by atoms with Gasteiger partial charge in [0, 0.05) is 23.1 Å². The molecule has 2 amide bonds. The number of carbonyl (C=O) groups is 1. The van der Waals surface area contributed by atoms with E-state index < -0.39 is 6.03 Å². The van der Waals surface area contributed by atoms with Crippen molar-refractivity contribution in [3.05, 3.63) is 71.8 Å². The van der Waals surface area contributed by atoms with Gasteiger partial charge in [-0.15, -0.1) is 0 Å². The van der Waals surface area contributed by atoms with E-state index in [9.17, 15) is 4.79 Å². The summed E-state index contributed by atoms with van der Waals surface area (Å²) in [5, 5.41) is 9.15. The van der Waals surface area contributed by atoms with E-state index in [-0.39, 0.29) is 0 Å². The number of hydrogen-bond acceptors (Lipinski definition) is 4. The fourth-order valence-corrected chi connectivity index (χ4v) is 2.81. The molecule has 0 saturated carbocycles. The zero-order valence-electron chi connectivity index (χ0n) is 15.5. The summed E-state index contributed by atoms with van der Waals surface area (Å²) in [4.78, 5) is 12.3. The molecule has 3 aromatic carbocycles. The first-order chi connectivity index (χ1) is 13.6. The number of halogens is 1. The summed E-state index contributed by atoms with van der Waals surface area (Å²) in [5.41, 5.74) is 2.99. The molecule has 7 heteroatoms. The Labute approximate surface area is 168 Å². The van der Waals surface area contributed by atoms with Crippen molar-refractivity contribution in [3.8, 4) is 11.5 Å². The van der Waals surface area contributed by atoms with Crippen molar-refractivity contribution in [3.63, 3.8) is 0 Å². The third-order valence-electron chi connectivity index (χ3n) is 3.93. The van der Waals surface area contributed by atoms with Crippen molar-refractivity contribution in [2.75, 3.05) is 30.2 Å². The summed E-state index contributed by atoms with van der Waals surface area (Å²) < 4.78 is 10.4. The molecule has 0 radical (unpaired) electrons. The Morgan fingerprint density at radius 1 is 0.786 bits per heavy atom. The molecule has 0 saturated heterocycles. The van der Waals surface area contributed by atoms with Gasteiger partial charge >= 0.3 is 6.03 Å². The van der Waals surface area contributed by atoms with Gasteiger partial charge in [0.2, 0.25) is 0 Å². The van der Waals surface area contributed by atoms with Gasteiger partial charge in [-0.1, -0.05) is 29.8 Å². The van der Waals surface area contributed by atoms with Crippen LogP contribution >= 0.6 is 11.6 Å². The number of carbonyl (C=O) groups excluding carboxylic acids is 1. The number of benzene rings is 3. The van der Waals surface area contributed by atoms with E-state index in [1.54, 1.807) is 12.1 Å². The lowest BCUT2D eigenvalue weighted by atomic mass is 10.2. The van der Waals surface area contributed by atoms with Crippen LogP contribution in [-0.4, -0.2) is 20.3 Å². The highest BCUT2D eigenvalue weighted by Crippen LogP contribution is 2.35. The average molecular weight is 398 g/mol. The number of hydrogen-bond donors (Lipinski definition) is 3. The molecule has 0 aliphatic heterocycles. The van der Waals surface area contributed by atoms with Crippen LogP contribution in [0.25, 0.3) is 0 Å². The Morgan fingerprint density at radius 3 is 2.04 bits per heavy atom. The van der Waals surface area contributed by atoms with Gasteiger partial charge in [0.1, 0.15) is 11.5 Å². The summed E-state index contributed by atoms with van der Waals surface area (Å²) >= 11 is 6.13. The Hall–Kier alpha value is -3.38. The number of anilines is 4. The van der Waals surface area contributed by atoms with Gasteiger partial charge in [0.05, 0.1) is 24.9 Å². The lowest BCUT2D eigenvalue weighted by Gasteiger charge is -2.14. The second kappa shape index (κ2) is 9.01. The van der Waals surface area contributed by atoms with E-state index in [1.165, 1.54) is 14.2 Å². The number of para-hydroxylation sites is 1. The monoisotopic (exact) mass is 397 g/mol. The van der Waals surface area contributed by atoms with E-state index in [1.807, 2.05) is 54.6 Å². The second-order valence-electron chi connectivity index (χ2n) is 5.83. The molecule has 3 aromatic rings. The zero-order chi connectivity index (χ0) is 19.9. The summed E-state index contributed by atoms with van der Waals surface area (Å²) in [6.45, 7) is 0. The summed E-state index contributed by atoms with van der Waals surface area (Å²) in [6, 6.07) is 20.0. The predicted octanol–water partition coefficient (Wildman–Crippen LogP) is 5.74. The molecule has 6 nitrogen and oxygen atoms in total. The number of rotatable bonds is 6. The largest absolute Gasteiger partial charge is 0.495 e. The maximum Gasteiger partial charge on any atom is 0.323 e. The van der Waals surface area contributed by atoms with Crippen molar-refractivity contribution < 1.29 is 14.3 Å². The first-order valence-electron chi connectivity index (χ1n) is 8.50. The van der Waals surface area contributed by atoms with Crippen molar-refractivity contribution in [1.29, 1.82) is 0 Å². The highest BCUT2D eigenvalue weighted by molar-refractivity contribution is 6.32. The first-order valence-corrected chi connectivity index (χ1v) is 8.88. The molecule has 0 aliphatic carbocycles. The average Bonchev–Trinajstić information content (AvgIpc) is 2.70. The van der Waals surface area contributed by atoms with Gasteiger partial charge in [-0.05, 0) is 42.5 Å². The van der Waals surface area contributed by atoms with Crippen molar-refractivity contribution in [2.45, 2.75) is 0 Å². The fraction of sp³-hybridized carbons (Fsp3) is 0.0952. The molecule has 0 aliphatic rings. The van der Waals surface area contributed by atoms with E-state index in [2.05, 4.69) is 16.0 Å². The molecule has 0 heterocycles. The Morgan fingerprint density at radius 2 is 1.39 bits per heavy atom. The van der Waals surface area contributed by atoms with Gasteiger partial charge in [0.25, 0.3) is 0 Å². The van der Waals surface area contributed by atoms with Gasteiger partial charge in [-0.25, -0.2) is 4.79 Å². The molecule has 28 heavy (non-hydrogen) atoms. The SMILES string of the molecule is COc1cc(OC)c(NC(=O)Nc2ccc(Nc3ccccc3)cc2)cc1Cl. The molecule has 3 N–H and O–H groups in total. The fourth-order valence-electron chi connectivity index (χ4n) is 2.57. The lowest BCUT2D eigenvalue weighted by Crippen LogP contribution is -2.19. The minimum atomic E-state index is -0.414.